The molecule has 0 aliphatic heterocycles. The molecule has 0 spiro atoms. The highest BCUT2D eigenvalue weighted by Gasteiger charge is 2.15. The Kier molecular flexibility index (Phi) is 11.6. The van der Waals surface area contributed by atoms with E-state index >= 15 is 0 Å². The molecular weight excluding hydrogens is 465 g/mol. The number of aliphatic imine (C=N–C) groups is 1. The molecule has 0 unspecified atom stereocenters. The smallest absolute Gasteiger partial charge is 0.221 e. The molecule has 1 aliphatic rings. The van der Waals surface area contributed by atoms with Crippen LogP contribution in [0.2, 0.25) is 5.15 Å². The van der Waals surface area contributed by atoms with Crippen LogP contribution in [0.5, 0.6) is 0 Å². The van der Waals surface area contributed by atoms with Gasteiger partial charge in [0.05, 0.1) is 0 Å². The molecule has 8 heteroatoms. The minimum atomic E-state index is 0. The van der Waals surface area contributed by atoms with E-state index in [1.807, 2.05) is 6.07 Å². The van der Waals surface area contributed by atoms with Crippen LogP contribution in [0.15, 0.2) is 23.3 Å². The van der Waals surface area contributed by atoms with E-state index in [0.29, 0.717) is 30.1 Å². The SMILES string of the molecule is CN=C(NCCC(=O)NC1CCCCC1)NCCc1ccc(Cl)nc1.I. The number of halogens is 2. The van der Waals surface area contributed by atoms with E-state index in [9.17, 15) is 4.79 Å². The number of pyridine rings is 1. The predicted octanol–water partition coefficient (Wildman–Crippen LogP) is 2.90. The number of nitrogens with zero attached hydrogens (tertiary/aromatic N) is 2. The van der Waals surface area contributed by atoms with Crippen molar-refractivity contribution in [2.45, 2.75) is 51.0 Å². The summed E-state index contributed by atoms with van der Waals surface area (Å²) in [7, 11) is 1.72. The Morgan fingerprint density at radius 2 is 1.96 bits per heavy atom. The van der Waals surface area contributed by atoms with Crippen LogP contribution in [0.1, 0.15) is 44.1 Å². The van der Waals surface area contributed by atoms with Crippen LogP contribution in [0.3, 0.4) is 0 Å². The number of rotatable bonds is 7. The van der Waals surface area contributed by atoms with Gasteiger partial charge in [-0.3, -0.25) is 9.79 Å². The van der Waals surface area contributed by atoms with Gasteiger partial charge in [0, 0.05) is 38.8 Å². The minimum Gasteiger partial charge on any atom is -0.356 e. The molecule has 1 aromatic heterocycles. The van der Waals surface area contributed by atoms with Gasteiger partial charge in [-0.2, -0.15) is 0 Å². The van der Waals surface area contributed by atoms with E-state index in [4.69, 9.17) is 11.6 Å². The molecule has 1 amide bonds. The van der Waals surface area contributed by atoms with Gasteiger partial charge in [-0.25, -0.2) is 4.98 Å². The third kappa shape index (κ3) is 9.02. The second-order valence-electron chi connectivity index (χ2n) is 6.32. The lowest BCUT2D eigenvalue weighted by atomic mass is 9.95. The van der Waals surface area contributed by atoms with Crippen LogP contribution < -0.4 is 16.0 Å². The Bertz CT molecular complexity index is 561. The Morgan fingerprint density at radius 3 is 2.62 bits per heavy atom. The van der Waals surface area contributed by atoms with Gasteiger partial charge < -0.3 is 16.0 Å². The second-order valence-corrected chi connectivity index (χ2v) is 6.70. The number of carbonyl (C=O) groups is 1. The van der Waals surface area contributed by atoms with Crippen molar-refractivity contribution in [3.8, 4) is 0 Å². The molecular formula is C18H29ClIN5O. The lowest BCUT2D eigenvalue weighted by molar-refractivity contribution is -0.121. The van der Waals surface area contributed by atoms with Crippen LogP contribution in [0.25, 0.3) is 0 Å². The van der Waals surface area contributed by atoms with Crippen molar-refractivity contribution in [2.75, 3.05) is 20.1 Å². The van der Waals surface area contributed by atoms with E-state index in [2.05, 4.69) is 25.9 Å². The molecule has 1 saturated carbocycles. The van der Waals surface area contributed by atoms with Crippen molar-refractivity contribution in [1.82, 2.24) is 20.9 Å². The molecule has 3 N–H and O–H groups in total. The molecule has 1 aromatic rings. The molecule has 0 aromatic carbocycles. The van der Waals surface area contributed by atoms with Crippen LogP contribution in [-0.2, 0) is 11.2 Å². The normalized spacial score (nSPS) is 15.1. The quantitative estimate of drug-likeness (QED) is 0.236. The number of carbonyl (C=O) groups excluding carboxylic acids is 1. The number of hydrogen-bond donors (Lipinski definition) is 3. The van der Waals surface area contributed by atoms with E-state index in [-0.39, 0.29) is 29.9 Å². The Hall–Kier alpha value is -1.09. The molecule has 2 rings (SSSR count). The molecule has 1 aliphatic carbocycles. The molecule has 1 heterocycles. The summed E-state index contributed by atoms with van der Waals surface area (Å²) in [6.45, 7) is 1.30. The van der Waals surface area contributed by atoms with Crippen molar-refractivity contribution < 1.29 is 4.79 Å². The first-order valence-corrected chi connectivity index (χ1v) is 9.39. The first-order chi connectivity index (χ1) is 12.2. The van der Waals surface area contributed by atoms with E-state index in [1.165, 1.54) is 19.3 Å². The largest absolute Gasteiger partial charge is 0.356 e. The average Bonchev–Trinajstić information content (AvgIpc) is 2.63. The Labute approximate surface area is 178 Å². The number of guanidine groups is 1. The van der Waals surface area contributed by atoms with Gasteiger partial charge >= 0.3 is 0 Å². The van der Waals surface area contributed by atoms with Gasteiger partial charge in [0.1, 0.15) is 5.15 Å². The molecule has 6 nitrogen and oxygen atoms in total. The first-order valence-electron chi connectivity index (χ1n) is 9.01. The number of amides is 1. The maximum absolute atomic E-state index is 12.0. The number of hydrogen-bond acceptors (Lipinski definition) is 3. The zero-order valence-electron chi connectivity index (χ0n) is 15.3. The van der Waals surface area contributed by atoms with E-state index in [0.717, 1.165) is 31.4 Å². The standard InChI is InChI=1S/C18H28ClN5O.HI/c1-20-18(21-11-9-14-7-8-16(19)23-13-14)22-12-10-17(25)24-15-5-3-2-4-6-15;/h7-8,13,15H,2-6,9-12H2,1H3,(H,24,25)(H2,20,21,22);1H. The monoisotopic (exact) mass is 493 g/mol. The topological polar surface area (TPSA) is 78.4 Å². The van der Waals surface area contributed by atoms with Crippen LogP contribution in [0.4, 0.5) is 0 Å². The van der Waals surface area contributed by atoms with Crippen molar-refractivity contribution in [2.24, 2.45) is 4.99 Å². The molecule has 146 valence electrons. The van der Waals surface area contributed by atoms with Crippen LogP contribution in [-0.4, -0.2) is 43.0 Å². The molecule has 0 bridgehead atoms. The zero-order chi connectivity index (χ0) is 17.9. The van der Waals surface area contributed by atoms with Gasteiger partial charge in [-0.1, -0.05) is 36.9 Å². The molecule has 0 saturated heterocycles. The van der Waals surface area contributed by atoms with Crippen molar-refractivity contribution in [3.05, 3.63) is 29.0 Å². The lowest BCUT2D eigenvalue weighted by Gasteiger charge is -2.22. The minimum absolute atomic E-state index is 0. The zero-order valence-corrected chi connectivity index (χ0v) is 18.3. The highest BCUT2D eigenvalue weighted by atomic mass is 127. The van der Waals surface area contributed by atoms with Gasteiger partial charge in [0.25, 0.3) is 0 Å². The van der Waals surface area contributed by atoms with Gasteiger partial charge in [0.15, 0.2) is 5.96 Å². The Balaban J connectivity index is 0.00000338. The fourth-order valence-corrected chi connectivity index (χ4v) is 3.05. The van der Waals surface area contributed by atoms with Crippen molar-refractivity contribution >= 4 is 47.4 Å². The van der Waals surface area contributed by atoms with E-state index in [1.54, 1.807) is 19.3 Å². The maximum atomic E-state index is 12.0. The fourth-order valence-electron chi connectivity index (χ4n) is 2.94. The van der Waals surface area contributed by atoms with Gasteiger partial charge in [0.2, 0.25) is 5.91 Å². The van der Waals surface area contributed by atoms with Crippen molar-refractivity contribution in [3.63, 3.8) is 0 Å². The summed E-state index contributed by atoms with van der Waals surface area (Å²) in [5, 5.41) is 10.0. The second kappa shape index (κ2) is 13.1. The van der Waals surface area contributed by atoms with E-state index < -0.39 is 0 Å². The fraction of sp³-hybridized carbons (Fsp3) is 0.611. The molecule has 0 atom stereocenters. The van der Waals surface area contributed by atoms with Crippen LogP contribution >= 0.6 is 35.6 Å². The molecule has 26 heavy (non-hydrogen) atoms. The van der Waals surface area contributed by atoms with Gasteiger partial charge in [-0.05, 0) is 30.9 Å². The third-order valence-electron chi connectivity index (χ3n) is 4.33. The molecule has 0 radical (unpaired) electrons. The predicted molar refractivity (Wildman–Crippen MR) is 117 cm³/mol. The first kappa shape index (κ1) is 23.0. The van der Waals surface area contributed by atoms with Crippen LogP contribution in [0, 0.1) is 0 Å². The third-order valence-corrected chi connectivity index (χ3v) is 4.56. The number of nitrogens with one attached hydrogen (secondary N) is 3. The summed E-state index contributed by atoms with van der Waals surface area (Å²) in [5.74, 6) is 0.814. The van der Waals surface area contributed by atoms with Gasteiger partial charge in [-0.15, -0.1) is 24.0 Å². The summed E-state index contributed by atoms with van der Waals surface area (Å²) in [5.41, 5.74) is 1.11. The summed E-state index contributed by atoms with van der Waals surface area (Å²) < 4.78 is 0. The Morgan fingerprint density at radius 1 is 1.23 bits per heavy atom. The summed E-state index contributed by atoms with van der Waals surface area (Å²) >= 11 is 5.77. The summed E-state index contributed by atoms with van der Waals surface area (Å²) in [6.07, 6.45) is 9.03. The summed E-state index contributed by atoms with van der Waals surface area (Å²) in [4.78, 5) is 20.2. The number of aromatic nitrogens is 1. The lowest BCUT2D eigenvalue weighted by Crippen LogP contribution is -2.41. The highest BCUT2D eigenvalue weighted by molar-refractivity contribution is 14.0. The summed E-state index contributed by atoms with van der Waals surface area (Å²) in [6, 6.07) is 4.11. The average molecular weight is 494 g/mol. The highest BCUT2D eigenvalue weighted by Crippen LogP contribution is 2.17. The molecule has 1 fully saturated rings. The van der Waals surface area contributed by atoms with Crippen molar-refractivity contribution in [1.29, 1.82) is 0 Å². The maximum Gasteiger partial charge on any atom is 0.221 e.